The highest BCUT2D eigenvalue weighted by Gasteiger charge is 2.43. The summed E-state index contributed by atoms with van der Waals surface area (Å²) in [4.78, 5) is 2.36. The molecule has 0 radical (unpaired) electrons. The Morgan fingerprint density at radius 3 is 1.48 bits per heavy atom. The smallest absolute Gasteiger partial charge is 0.0582 e. The summed E-state index contributed by atoms with van der Waals surface area (Å²) in [5.74, 6) is 0. The van der Waals surface area contributed by atoms with E-state index in [1.165, 1.54) is 82.8 Å². The van der Waals surface area contributed by atoms with E-state index in [4.69, 9.17) is 0 Å². The quantitative estimate of drug-likeness (QED) is 0.174. The van der Waals surface area contributed by atoms with Gasteiger partial charge in [-0.25, -0.2) is 0 Å². The van der Waals surface area contributed by atoms with Crippen molar-refractivity contribution >= 4 is 49.6 Å². The van der Waals surface area contributed by atoms with Gasteiger partial charge in [0.1, 0.15) is 0 Å². The van der Waals surface area contributed by atoms with E-state index in [-0.39, 0.29) is 10.8 Å². The maximum absolute atomic E-state index is 2.62. The summed E-state index contributed by atoms with van der Waals surface area (Å²) < 4.78 is 2.62. The zero-order valence-corrected chi connectivity index (χ0v) is 31.1. The van der Waals surface area contributed by atoms with Crippen molar-refractivity contribution in [3.63, 3.8) is 0 Å². The minimum atomic E-state index is -0.181. The van der Waals surface area contributed by atoms with Crippen LogP contribution in [0.2, 0.25) is 0 Å². The van der Waals surface area contributed by atoms with Crippen molar-refractivity contribution in [2.75, 3.05) is 4.90 Å². The lowest BCUT2D eigenvalue weighted by Gasteiger charge is -2.42. The predicted molar refractivity (Wildman–Crippen MR) is 228 cm³/mol. The van der Waals surface area contributed by atoms with Crippen molar-refractivity contribution in [2.45, 2.75) is 38.5 Å². The molecule has 0 N–H and O–H groups in total. The number of hydrogen-bond donors (Lipinski definition) is 0. The first-order valence-electron chi connectivity index (χ1n) is 19.1. The molecule has 0 unspecified atom stereocenters. The van der Waals surface area contributed by atoms with Gasteiger partial charge in [0.05, 0.1) is 16.7 Å². The molecule has 0 atom stereocenters. The Balaban J connectivity index is 1.13. The van der Waals surface area contributed by atoms with Crippen LogP contribution in [0.4, 0.5) is 17.1 Å². The van der Waals surface area contributed by atoms with Gasteiger partial charge in [-0.1, -0.05) is 137 Å². The average molecular weight is 693 g/mol. The second-order valence-electron chi connectivity index (χ2n) is 16.2. The number of fused-ring (bicyclic) bond motifs is 2. The topological polar surface area (TPSA) is 8.17 Å². The van der Waals surface area contributed by atoms with Crippen molar-refractivity contribution in [1.29, 1.82) is 0 Å². The van der Waals surface area contributed by atoms with E-state index in [9.17, 15) is 0 Å². The largest absolute Gasteiger partial charge is 0.310 e. The molecule has 0 saturated heterocycles. The average Bonchev–Trinajstić information content (AvgIpc) is 3.54. The van der Waals surface area contributed by atoms with Gasteiger partial charge in [-0.05, 0) is 116 Å². The summed E-state index contributed by atoms with van der Waals surface area (Å²) in [5.41, 5.74) is 17.7. The summed E-state index contributed by atoms with van der Waals surface area (Å²) in [6.45, 7) is 9.67. The van der Waals surface area contributed by atoms with Gasteiger partial charge in [-0.2, -0.15) is 0 Å². The van der Waals surface area contributed by atoms with Crippen LogP contribution in [0.15, 0.2) is 170 Å². The molecule has 11 rings (SSSR count). The Hall–Kier alpha value is -6.38. The molecule has 9 aromatic rings. The van der Waals surface area contributed by atoms with E-state index in [1.807, 2.05) is 0 Å². The van der Waals surface area contributed by atoms with Crippen molar-refractivity contribution < 1.29 is 0 Å². The van der Waals surface area contributed by atoms with Crippen molar-refractivity contribution in [3.8, 4) is 27.9 Å². The fourth-order valence-corrected chi connectivity index (χ4v) is 9.64. The number of benzene rings is 8. The van der Waals surface area contributed by atoms with E-state index >= 15 is 0 Å². The molecule has 0 bridgehead atoms. The van der Waals surface area contributed by atoms with Crippen LogP contribution in [-0.4, -0.2) is 4.57 Å². The van der Waals surface area contributed by atoms with Crippen LogP contribution < -0.4 is 4.90 Å². The van der Waals surface area contributed by atoms with Crippen LogP contribution in [0, 0.1) is 0 Å². The fourth-order valence-electron chi connectivity index (χ4n) is 9.64. The lowest BCUT2D eigenvalue weighted by Crippen LogP contribution is -2.33. The lowest BCUT2D eigenvalue weighted by molar-refractivity contribution is 0.594. The minimum absolute atomic E-state index is 0.152. The van der Waals surface area contributed by atoms with Gasteiger partial charge in [0.25, 0.3) is 0 Å². The molecule has 2 aliphatic heterocycles. The monoisotopic (exact) mass is 692 g/mol. The molecule has 0 amide bonds. The van der Waals surface area contributed by atoms with Crippen molar-refractivity contribution in [3.05, 3.63) is 192 Å². The third-order valence-corrected chi connectivity index (χ3v) is 12.5. The fraction of sp³-hybridized carbons (Fsp3) is 0.115. The molecule has 1 aromatic heterocycles. The van der Waals surface area contributed by atoms with Crippen LogP contribution in [0.3, 0.4) is 0 Å². The first-order chi connectivity index (χ1) is 26.3. The van der Waals surface area contributed by atoms with Gasteiger partial charge in [0.15, 0.2) is 0 Å². The number of hydrogen-bond acceptors (Lipinski definition) is 1. The maximum Gasteiger partial charge on any atom is 0.0582 e. The summed E-state index contributed by atoms with van der Waals surface area (Å²) in [7, 11) is 0. The van der Waals surface area contributed by atoms with Gasteiger partial charge in [-0.15, -0.1) is 0 Å². The van der Waals surface area contributed by atoms with E-state index < -0.39 is 0 Å². The van der Waals surface area contributed by atoms with Crippen LogP contribution in [0.5, 0.6) is 0 Å². The van der Waals surface area contributed by atoms with Crippen molar-refractivity contribution in [2.24, 2.45) is 0 Å². The predicted octanol–water partition coefficient (Wildman–Crippen LogP) is 14.0. The third-order valence-electron chi connectivity index (χ3n) is 12.5. The first-order valence-corrected chi connectivity index (χ1v) is 19.1. The molecule has 0 saturated carbocycles. The molecule has 258 valence electrons. The van der Waals surface area contributed by atoms with Crippen LogP contribution in [0.1, 0.15) is 49.9 Å². The molecule has 2 nitrogen and oxygen atoms in total. The Morgan fingerprint density at radius 2 is 0.870 bits per heavy atom. The molecule has 0 spiro atoms. The number of rotatable bonds is 5. The van der Waals surface area contributed by atoms with Gasteiger partial charge >= 0.3 is 0 Å². The Labute approximate surface area is 316 Å². The third kappa shape index (κ3) is 4.28. The molecule has 0 aliphatic carbocycles. The number of aromatic nitrogens is 1. The Kier molecular flexibility index (Phi) is 6.39. The summed E-state index contributed by atoms with van der Waals surface area (Å²) in [6.07, 6.45) is 0. The first kappa shape index (κ1) is 31.2. The maximum atomic E-state index is 2.62. The second-order valence-corrected chi connectivity index (χ2v) is 16.2. The zero-order chi connectivity index (χ0) is 36.3. The van der Waals surface area contributed by atoms with Gasteiger partial charge in [0.2, 0.25) is 0 Å². The minimum Gasteiger partial charge on any atom is -0.310 e. The Morgan fingerprint density at radius 1 is 0.370 bits per heavy atom. The summed E-state index contributed by atoms with van der Waals surface area (Å²) in [6, 6.07) is 63.0. The molecule has 8 aromatic carbocycles. The summed E-state index contributed by atoms with van der Waals surface area (Å²) in [5, 5.41) is 5.14. The molecule has 2 heteroatoms. The van der Waals surface area contributed by atoms with Gasteiger partial charge < -0.3 is 9.47 Å². The summed E-state index contributed by atoms with van der Waals surface area (Å²) >= 11 is 0. The standard InChI is InChI=1S/C52H40N2/c1-51(2)44-20-13-21-45-50(44)54-48-42(29-37(31-46(48)51)33-14-7-5-8-15-33)43-30-38(32-47(49(43)54)52(45,3)4)35-22-25-40(26-23-35)53(39-18-9-6-10-19-39)41-27-24-34-16-11-12-17-36(34)28-41/h5-32H,1-4H3. The molecule has 3 heterocycles. The van der Waals surface area contributed by atoms with Gasteiger partial charge in [-0.3, -0.25) is 0 Å². The van der Waals surface area contributed by atoms with Crippen LogP contribution >= 0.6 is 0 Å². The Bertz CT molecular complexity index is 2960. The highest BCUT2D eigenvalue weighted by molar-refractivity contribution is 6.16. The number of nitrogens with zero attached hydrogens (tertiary/aromatic N) is 2. The number of anilines is 3. The zero-order valence-electron chi connectivity index (χ0n) is 31.1. The molecule has 0 fully saturated rings. The highest BCUT2D eigenvalue weighted by Crippen LogP contribution is 2.56. The van der Waals surface area contributed by atoms with E-state index in [2.05, 4.69) is 207 Å². The highest BCUT2D eigenvalue weighted by atomic mass is 15.1. The second kappa shape index (κ2) is 11.1. The SMILES string of the molecule is CC1(C)c2cccc3c2-n2c4c1cc(-c1ccccc1)cc4c1cc(-c4ccc(N(c5ccccc5)c5ccc6ccccc6c5)cc4)cc(c12)C3(C)C. The normalized spacial score (nSPS) is 14.6. The van der Waals surface area contributed by atoms with Crippen LogP contribution in [0.25, 0.3) is 60.5 Å². The molecular weight excluding hydrogens is 653 g/mol. The van der Waals surface area contributed by atoms with Gasteiger partial charge in [0, 0.05) is 38.7 Å². The van der Waals surface area contributed by atoms with E-state index in [1.54, 1.807) is 0 Å². The number of para-hydroxylation sites is 2. The molecule has 54 heavy (non-hydrogen) atoms. The van der Waals surface area contributed by atoms with E-state index in [0.29, 0.717) is 0 Å². The van der Waals surface area contributed by atoms with Crippen molar-refractivity contribution in [1.82, 2.24) is 4.57 Å². The lowest BCUT2D eigenvalue weighted by atomic mass is 9.68. The van der Waals surface area contributed by atoms with E-state index in [0.717, 1.165) is 17.1 Å². The molecular formula is C52H40N2. The van der Waals surface area contributed by atoms with Crippen LogP contribution in [-0.2, 0) is 10.8 Å². The molecule has 2 aliphatic rings.